The van der Waals surface area contributed by atoms with Crippen molar-refractivity contribution in [1.82, 2.24) is 4.98 Å². The Morgan fingerprint density at radius 2 is 2.29 bits per heavy atom. The van der Waals surface area contributed by atoms with Crippen molar-refractivity contribution in [2.24, 2.45) is 5.92 Å². The van der Waals surface area contributed by atoms with Gasteiger partial charge in [-0.3, -0.25) is 14.9 Å². The molecular formula is C11H14N2O4. The van der Waals surface area contributed by atoms with E-state index in [0.29, 0.717) is 30.0 Å². The molecule has 1 atom stereocenters. The van der Waals surface area contributed by atoms with Crippen LogP contribution in [0.2, 0.25) is 0 Å². The molecule has 1 aromatic heterocycles. The molecule has 2 N–H and O–H groups in total. The van der Waals surface area contributed by atoms with Gasteiger partial charge < -0.3 is 10.1 Å². The van der Waals surface area contributed by atoms with Crippen molar-refractivity contribution in [2.75, 3.05) is 0 Å². The molecule has 0 bridgehead atoms. The Morgan fingerprint density at radius 1 is 1.59 bits per heavy atom. The molecule has 1 aliphatic carbocycles. The van der Waals surface area contributed by atoms with Crippen LogP contribution in [0.5, 0.6) is 5.75 Å². The fraction of sp³-hybridized carbons (Fsp3) is 0.545. The molecule has 1 unspecified atom stereocenters. The van der Waals surface area contributed by atoms with Gasteiger partial charge in [-0.2, -0.15) is 0 Å². The molecule has 6 nitrogen and oxygen atoms in total. The van der Waals surface area contributed by atoms with Crippen molar-refractivity contribution in [2.45, 2.75) is 32.6 Å². The van der Waals surface area contributed by atoms with E-state index in [1.165, 1.54) is 0 Å². The maximum atomic E-state index is 11.5. The van der Waals surface area contributed by atoms with Crippen LogP contribution in [0.25, 0.3) is 0 Å². The van der Waals surface area contributed by atoms with E-state index in [4.69, 9.17) is 0 Å². The lowest BCUT2D eigenvalue weighted by molar-refractivity contribution is -0.387. The second-order valence-electron chi connectivity index (χ2n) is 4.38. The van der Waals surface area contributed by atoms with E-state index in [0.717, 1.165) is 12.8 Å². The van der Waals surface area contributed by atoms with Crippen molar-refractivity contribution < 1.29 is 10.0 Å². The van der Waals surface area contributed by atoms with E-state index in [1.54, 1.807) is 0 Å². The van der Waals surface area contributed by atoms with E-state index >= 15 is 0 Å². The summed E-state index contributed by atoms with van der Waals surface area (Å²) in [4.78, 5) is 23.9. The highest BCUT2D eigenvalue weighted by Crippen LogP contribution is 2.34. The average Bonchev–Trinajstić information content (AvgIpc) is 2.27. The second kappa shape index (κ2) is 4.20. The quantitative estimate of drug-likeness (QED) is 0.602. The summed E-state index contributed by atoms with van der Waals surface area (Å²) in [6.07, 6.45) is 3.14. The van der Waals surface area contributed by atoms with E-state index in [1.807, 2.05) is 0 Å². The summed E-state index contributed by atoms with van der Waals surface area (Å²) in [5.74, 6) is 0.0160. The van der Waals surface area contributed by atoms with Gasteiger partial charge in [0.15, 0.2) is 0 Å². The highest BCUT2D eigenvalue weighted by molar-refractivity contribution is 5.51. The third-order valence-electron chi connectivity index (χ3n) is 3.41. The fourth-order valence-corrected chi connectivity index (χ4v) is 2.37. The summed E-state index contributed by atoms with van der Waals surface area (Å²) in [5, 5.41) is 20.5. The highest BCUT2D eigenvalue weighted by Gasteiger charge is 2.29. The van der Waals surface area contributed by atoms with Gasteiger partial charge in [0, 0.05) is 11.3 Å². The minimum atomic E-state index is -0.833. The van der Waals surface area contributed by atoms with Gasteiger partial charge in [-0.25, -0.2) is 0 Å². The van der Waals surface area contributed by atoms with Gasteiger partial charge in [-0.1, -0.05) is 13.3 Å². The lowest BCUT2D eigenvalue weighted by atomic mass is 9.85. The molecule has 0 saturated heterocycles. The zero-order valence-electron chi connectivity index (χ0n) is 9.52. The van der Waals surface area contributed by atoms with Crippen LogP contribution in [0, 0.1) is 16.0 Å². The Morgan fingerprint density at radius 3 is 2.88 bits per heavy atom. The van der Waals surface area contributed by atoms with Crippen LogP contribution in [0.4, 0.5) is 5.69 Å². The molecule has 1 aromatic rings. The maximum Gasteiger partial charge on any atom is 0.375 e. The Balaban J connectivity index is 2.55. The first-order valence-electron chi connectivity index (χ1n) is 5.66. The topological polar surface area (TPSA) is 96.2 Å². The normalized spacial score (nSPS) is 18.8. The molecule has 0 fully saturated rings. The number of H-pyrrole nitrogens is 1. The van der Waals surface area contributed by atoms with E-state index < -0.39 is 21.9 Å². The molecule has 17 heavy (non-hydrogen) atoms. The molecule has 0 radical (unpaired) electrons. The Bertz CT molecular complexity index is 521. The Kier molecular flexibility index (Phi) is 2.87. The molecule has 2 rings (SSSR count). The third-order valence-corrected chi connectivity index (χ3v) is 3.41. The van der Waals surface area contributed by atoms with Crippen LogP contribution >= 0.6 is 0 Å². The van der Waals surface area contributed by atoms with Gasteiger partial charge in [0.25, 0.3) is 0 Å². The molecule has 0 saturated carbocycles. The van der Waals surface area contributed by atoms with Crippen LogP contribution in [0.15, 0.2) is 4.79 Å². The van der Waals surface area contributed by atoms with Crippen molar-refractivity contribution in [3.8, 4) is 5.75 Å². The number of hydrogen-bond acceptors (Lipinski definition) is 4. The van der Waals surface area contributed by atoms with Gasteiger partial charge in [0.1, 0.15) is 0 Å². The molecule has 0 amide bonds. The van der Waals surface area contributed by atoms with Gasteiger partial charge in [0.2, 0.25) is 5.75 Å². The fourth-order valence-electron chi connectivity index (χ4n) is 2.37. The van der Waals surface area contributed by atoms with Crippen molar-refractivity contribution in [1.29, 1.82) is 0 Å². The molecule has 0 aromatic carbocycles. The summed E-state index contributed by atoms with van der Waals surface area (Å²) < 4.78 is 0. The standard InChI is InChI=1S/C11H14N2O4/c1-2-6-3-4-7-8(5-6)12-11(15)9(10(7)14)13(16)17/h6H,2-5H2,1H3,(H2,12,14,15). The third kappa shape index (κ3) is 1.90. The minimum Gasteiger partial charge on any atom is -0.502 e. The van der Waals surface area contributed by atoms with Crippen LogP contribution in [0.3, 0.4) is 0 Å². The summed E-state index contributed by atoms with van der Waals surface area (Å²) in [6, 6.07) is 0. The number of aromatic hydroxyl groups is 1. The lowest BCUT2D eigenvalue weighted by Gasteiger charge is -2.23. The van der Waals surface area contributed by atoms with E-state index in [2.05, 4.69) is 11.9 Å². The molecule has 92 valence electrons. The second-order valence-corrected chi connectivity index (χ2v) is 4.38. The summed E-state index contributed by atoms with van der Waals surface area (Å²) in [7, 11) is 0. The van der Waals surface area contributed by atoms with Crippen LogP contribution in [-0.4, -0.2) is 15.0 Å². The number of nitrogens with one attached hydrogen (secondary N) is 1. The van der Waals surface area contributed by atoms with Gasteiger partial charge in [-0.05, 0) is 25.2 Å². The number of nitrogens with zero attached hydrogens (tertiary/aromatic N) is 1. The van der Waals surface area contributed by atoms with Crippen molar-refractivity contribution >= 4 is 5.69 Å². The first-order chi connectivity index (χ1) is 8.04. The Hall–Kier alpha value is -1.85. The number of rotatable bonds is 2. The lowest BCUT2D eigenvalue weighted by Crippen LogP contribution is -2.22. The number of nitro groups is 1. The molecule has 0 aliphatic heterocycles. The molecule has 1 heterocycles. The smallest absolute Gasteiger partial charge is 0.375 e. The minimum absolute atomic E-state index is 0.455. The van der Waals surface area contributed by atoms with E-state index in [-0.39, 0.29) is 0 Å². The zero-order valence-corrected chi connectivity index (χ0v) is 9.52. The van der Waals surface area contributed by atoms with Crippen molar-refractivity contribution in [3.05, 3.63) is 31.7 Å². The zero-order chi connectivity index (χ0) is 12.6. The van der Waals surface area contributed by atoms with Crippen molar-refractivity contribution in [3.63, 3.8) is 0 Å². The summed E-state index contributed by atoms with van der Waals surface area (Å²) >= 11 is 0. The SMILES string of the molecule is CCC1CCc2c([nH]c(=O)c([N+](=O)[O-])c2O)C1. The molecular weight excluding hydrogens is 224 g/mol. The Labute approximate surface area is 97.4 Å². The van der Waals surface area contributed by atoms with Gasteiger partial charge >= 0.3 is 11.2 Å². The van der Waals surface area contributed by atoms with Gasteiger partial charge in [-0.15, -0.1) is 0 Å². The van der Waals surface area contributed by atoms with Crippen LogP contribution in [-0.2, 0) is 12.8 Å². The molecule has 1 aliphatic rings. The first kappa shape index (κ1) is 11.6. The summed E-state index contributed by atoms with van der Waals surface area (Å²) in [5.41, 5.74) is -0.376. The predicted molar refractivity (Wildman–Crippen MR) is 61.2 cm³/mol. The monoisotopic (exact) mass is 238 g/mol. The maximum absolute atomic E-state index is 11.5. The predicted octanol–water partition coefficient (Wildman–Crippen LogP) is 1.50. The first-order valence-corrected chi connectivity index (χ1v) is 5.66. The van der Waals surface area contributed by atoms with Crippen LogP contribution in [0.1, 0.15) is 31.0 Å². The highest BCUT2D eigenvalue weighted by atomic mass is 16.6. The molecule has 0 spiro atoms. The number of hydrogen-bond donors (Lipinski definition) is 2. The average molecular weight is 238 g/mol. The molecule has 6 heteroatoms. The van der Waals surface area contributed by atoms with Crippen LogP contribution < -0.4 is 5.56 Å². The van der Waals surface area contributed by atoms with Gasteiger partial charge in [0.05, 0.1) is 4.92 Å². The number of fused-ring (bicyclic) bond motifs is 1. The number of pyridine rings is 1. The largest absolute Gasteiger partial charge is 0.502 e. The number of aromatic nitrogens is 1. The summed E-state index contributed by atoms with van der Waals surface area (Å²) in [6.45, 7) is 2.07. The van der Waals surface area contributed by atoms with E-state index in [9.17, 15) is 20.0 Å². The number of aromatic amines is 1.